The van der Waals surface area contributed by atoms with Crippen molar-refractivity contribution in [2.24, 2.45) is 0 Å². The van der Waals surface area contributed by atoms with Crippen molar-refractivity contribution in [2.75, 3.05) is 18.9 Å². The fourth-order valence-electron chi connectivity index (χ4n) is 3.06. The zero-order valence-corrected chi connectivity index (χ0v) is 12.9. The van der Waals surface area contributed by atoms with Gasteiger partial charge in [-0.05, 0) is 57.2 Å². The highest BCUT2D eigenvalue weighted by atomic mass is 32.2. The minimum atomic E-state index is 0.197. The molecular weight excluding hydrogens is 270 g/mol. The summed E-state index contributed by atoms with van der Waals surface area (Å²) in [4.78, 5) is 1.15. The molecule has 4 heteroatoms. The average Bonchev–Trinajstić information content (AvgIpc) is 2.41. The van der Waals surface area contributed by atoms with Gasteiger partial charge in [-0.25, -0.2) is 0 Å². The summed E-state index contributed by atoms with van der Waals surface area (Å²) in [6, 6.07) is 5.97. The van der Waals surface area contributed by atoms with Gasteiger partial charge in [0.15, 0.2) is 0 Å². The van der Waals surface area contributed by atoms with Gasteiger partial charge in [-0.15, -0.1) is 11.8 Å². The molecule has 1 aliphatic heterocycles. The molecule has 110 valence electrons. The van der Waals surface area contributed by atoms with Crippen LogP contribution in [-0.2, 0) is 4.74 Å². The SMILES string of the molecule is CCOc1ccc(N)c(SC2CCOC3(CCC3)C2)c1. The van der Waals surface area contributed by atoms with Crippen LogP contribution in [-0.4, -0.2) is 24.1 Å². The molecule has 1 spiro atoms. The molecule has 1 atom stereocenters. The molecule has 2 N–H and O–H groups in total. The van der Waals surface area contributed by atoms with Crippen LogP contribution in [0.4, 0.5) is 5.69 Å². The minimum Gasteiger partial charge on any atom is -0.494 e. The summed E-state index contributed by atoms with van der Waals surface area (Å²) >= 11 is 1.90. The number of hydrogen-bond acceptors (Lipinski definition) is 4. The predicted octanol–water partition coefficient (Wildman–Crippen LogP) is 3.86. The van der Waals surface area contributed by atoms with E-state index in [1.807, 2.05) is 30.8 Å². The molecule has 1 aromatic carbocycles. The molecule has 3 rings (SSSR count). The summed E-state index contributed by atoms with van der Waals surface area (Å²) in [5.74, 6) is 0.912. The van der Waals surface area contributed by atoms with E-state index >= 15 is 0 Å². The van der Waals surface area contributed by atoms with E-state index in [-0.39, 0.29) is 5.60 Å². The molecule has 1 saturated heterocycles. The summed E-state index contributed by atoms with van der Waals surface area (Å²) in [5.41, 5.74) is 7.16. The Bertz CT molecular complexity index is 474. The zero-order chi connectivity index (χ0) is 14.0. The van der Waals surface area contributed by atoms with Crippen molar-refractivity contribution in [3.8, 4) is 5.75 Å². The van der Waals surface area contributed by atoms with Crippen molar-refractivity contribution in [3.05, 3.63) is 18.2 Å². The second-order valence-electron chi connectivity index (χ2n) is 5.75. The van der Waals surface area contributed by atoms with Crippen LogP contribution in [0.3, 0.4) is 0 Å². The fourth-order valence-corrected chi connectivity index (χ4v) is 4.40. The second kappa shape index (κ2) is 5.86. The number of ether oxygens (including phenoxy) is 2. The average molecular weight is 293 g/mol. The van der Waals surface area contributed by atoms with Crippen molar-refractivity contribution in [2.45, 2.75) is 54.8 Å². The molecule has 0 aromatic heterocycles. The Labute approximate surface area is 125 Å². The van der Waals surface area contributed by atoms with E-state index in [9.17, 15) is 0 Å². The van der Waals surface area contributed by atoms with E-state index in [4.69, 9.17) is 15.2 Å². The third-order valence-corrected chi connectivity index (χ3v) is 5.65. The van der Waals surface area contributed by atoms with Crippen molar-refractivity contribution in [3.63, 3.8) is 0 Å². The number of nitrogens with two attached hydrogens (primary N) is 1. The van der Waals surface area contributed by atoms with E-state index < -0.39 is 0 Å². The molecule has 1 unspecified atom stereocenters. The van der Waals surface area contributed by atoms with E-state index in [2.05, 4.69) is 6.07 Å². The third-order valence-electron chi connectivity index (χ3n) is 4.30. The number of benzene rings is 1. The van der Waals surface area contributed by atoms with E-state index in [1.54, 1.807) is 0 Å². The maximum atomic E-state index is 6.11. The van der Waals surface area contributed by atoms with Gasteiger partial charge in [0.05, 0.1) is 12.2 Å². The monoisotopic (exact) mass is 293 g/mol. The summed E-state index contributed by atoms with van der Waals surface area (Å²) in [6.07, 6.45) is 6.07. The Balaban J connectivity index is 1.68. The third kappa shape index (κ3) is 2.91. The highest BCUT2D eigenvalue weighted by Crippen LogP contribution is 2.47. The number of nitrogen functional groups attached to an aromatic ring is 1. The number of rotatable bonds is 4. The number of hydrogen-bond donors (Lipinski definition) is 1. The molecular formula is C16H23NO2S. The van der Waals surface area contributed by atoms with Crippen LogP contribution < -0.4 is 10.5 Å². The van der Waals surface area contributed by atoms with Gasteiger partial charge in [-0.2, -0.15) is 0 Å². The van der Waals surface area contributed by atoms with Gasteiger partial charge >= 0.3 is 0 Å². The molecule has 0 bridgehead atoms. The van der Waals surface area contributed by atoms with Crippen molar-refractivity contribution >= 4 is 17.4 Å². The normalized spacial score (nSPS) is 24.4. The van der Waals surface area contributed by atoms with Crippen LogP contribution in [0.5, 0.6) is 5.75 Å². The van der Waals surface area contributed by atoms with Gasteiger partial charge in [0, 0.05) is 22.4 Å². The predicted molar refractivity (Wildman–Crippen MR) is 83.4 cm³/mol. The number of anilines is 1. The first-order chi connectivity index (χ1) is 9.71. The standard InChI is InChI=1S/C16H23NO2S/c1-2-18-12-4-5-14(17)15(10-12)20-13-6-9-19-16(11-13)7-3-8-16/h4-5,10,13H,2-3,6-9,11,17H2,1H3. The Hall–Kier alpha value is -0.870. The molecule has 1 aromatic rings. The highest BCUT2D eigenvalue weighted by molar-refractivity contribution is 8.00. The molecule has 1 saturated carbocycles. The quantitative estimate of drug-likeness (QED) is 0.856. The maximum absolute atomic E-state index is 6.11. The molecule has 1 heterocycles. The topological polar surface area (TPSA) is 44.5 Å². The Morgan fingerprint density at radius 1 is 1.45 bits per heavy atom. The molecule has 0 amide bonds. The van der Waals surface area contributed by atoms with Gasteiger partial charge in [0.2, 0.25) is 0 Å². The first kappa shape index (κ1) is 14.1. The van der Waals surface area contributed by atoms with Gasteiger partial charge in [0.1, 0.15) is 5.75 Å². The zero-order valence-electron chi connectivity index (χ0n) is 12.1. The second-order valence-corrected chi connectivity index (χ2v) is 7.09. The Morgan fingerprint density at radius 3 is 3.00 bits per heavy atom. The molecule has 3 nitrogen and oxygen atoms in total. The molecule has 20 heavy (non-hydrogen) atoms. The van der Waals surface area contributed by atoms with Gasteiger partial charge in [-0.3, -0.25) is 0 Å². The lowest BCUT2D eigenvalue weighted by Crippen LogP contribution is -2.46. The van der Waals surface area contributed by atoms with E-state index in [0.717, 1.165) is 35.8 Å². The van der Waals surface area contributed by atoms with Crippen molar-refractivity contribution in [1.82, 2.24) is 0 Å². The number of thioether (sulfide) groups is 1. The lowest BCUT2D eigenvalue weighted by molar-refractivity contribution is -0.125. The van der Waals surface area contributed by atoms with Crippen molar-refractivity contribution in [1.29, 1.82) is 0 Å². The van der Waals surface area contributed by atoms with Crippen LogP contribution >= 0.6 is 11.8 Å². The fraction of sp³-hybridized carbons (Fsp3) is 0.625. The summed E-state index contributed by atoms with van der Waals surface area (Å²) < 4.78 is 11.6. The summed E-state index contributed by atoms with van der Waals surface area (Å²) in [6.45, 7) is 3.58. The lowest BCUT2D eigenvalue weighted by atomic mass is 9.75. The minimum absolute atomic E-state index is 0.197. The first-order valence-corrected chi connectivity index (χ1v) is 8.42. The Morgan fingerprint density at radius 2 is 2.30 bits per heavy atom. The highest BCUT2D eigenvalue weighted by Gasteiger charge is 2.42. The van der Waals surface area contributed by atoms with Crippen LogP contribution in [0.15, 0.2) is 23.1 Å². The van der Waals surface area contributed by atoms with Crippen LogP contribution in [0.25, 0.3) is 0 Å². The summed E-state index contributed by atoms with van der Waals surface area (Å²) in [5, 5.41) is 0.614. The van der Waals surface area contributed by atoms with E-state index in [1.165, 1.54) is 19.3 Å². The van der Waals surface area contributed by atoms with Crippen LogP contribution in [0.1, 0.15) is 39.0 Å². The smallest absolute Gasteiger partial charge is 0.120 e. The van der Waals surface area contributed by atoms with Crippen LogP contribution in [0.2, 0.25) is 0 Å². The largest absolute Gasteiger partial charge is 0.494 e. The lowest BCUT2D eigenvalue weighted by Gasteiger charge is -2.47. The molecule has 0 radical (unpaired) electrons. The molecule has 2 fully saturated rings. The Kier molecular flexibility index (Phi) is 4.13. The maximum Gasteiger partial charge on any atom is 0.120 e. The van der Waals surface area contributed by atoms with Gasteiger partial charge in [-0.1, -0.05) is 0 Å². The molecule has 2 aliphatic rings. The summed E-state index contributed by atoms with van der Waals surface area (Å²) in [7, 11) is 0. The van der Waals surface area contributed by atoms with Gasteiger partial charge < -0.3 is 15.2 Å². The van der Waals surface area contributed by atoms with E-state index in [0.29, 0.717) is 11.9 Å². The molecule has 1 aliphatic carbocycles. The first-order valence-electron chi connectivity index (χ1n) is 7.54. The van der Waals surface area contributed by atoms with Gasteiger partial charge in [0.25, 0.3) is 0 Å². The van der Waals surface area contributed by atoms with Crippen LogP contribution in [0, 0.1) is 0 Å². The van der Waals surface area contributed by atoms with Crippen molar-refractivity contribution < 1.29 is 9.47 Å².